The van der Waals surface area contributed by atoms with E-state index in [0.717, 1.165) is 5.56 Å². The molecule has 0 bridgehead atoms. The predicted octanol–water partition coefficient (Wildman–Crippen LogP) is 2.57. The van der Waals surface area contributed by atoms with Crippen LogP contribution in [0.25, 0.3) is 0 Å². The van der Waals surface area contributed by atoms with Crippen LogP contribution in [-0.4, -0.2) is 11.7 Å². The first-order chi connectivity index (χ1) is 6.88. The van der Waals surface area contributed by atoms with Gasteiger partial charge in [-0.15, -0.1) is 12.4 Å². The van der Waals surface area contributed by atoms with Crippen LogP contribution in [0.1, 0.15) is 31.0 Å². The summed E-state index contributed by atoms with van der Waals surface area (Å²) in [6.45, 7) is 5.48. The Bertz CT molecular complexity index is 355. The number of hydrogen-bond acceptors (Lipinski definition) is 2. The number of benzene rings is 1. The van der Waals surface area contributed by atoms with Gasteiger partial charge in [-0.25, -0.2) is 4.39 Å². The maximum absolute atomic E-state index is 13.1. The van der Waals surface area contributed by atoms with E-state index in [4.69, 9.17) is 5.73 Å². The van der Waals surface area contributed by atoms with Gasteiger partial charge in [0.05, 0.1) is 0 Å². The van der Waals surface area contributed by atoms with Crippen LogP contribution in [0.3, 0.4) is 0 Å². The van der Waals surface area contributed by atoms with Crippen LogP contribution >= 0.6 is 12.4 Å². The van der Waals surface area contributed by atoms with Gasteiger partial charge in [-0.2, -0.15) is 0 Å². The molecule has 0 saturated heterocycles. The first-order valence-electron chi connectivity index (χ1n) is 5.01. The molecule has 1 aromatic rings. The van der Waals surface area contributed by atoms with Crippen LogP contribution in [-0.2, 0) is 0 Å². The summed E-state index contributed by atoms with van der Waals surface area (Å²) in [4.78, 5) is 0. The lowest BCUT2D eigenvalue weighted by Gasteiger charge is -2.29. The van der Waals surface area contributed by atoms with E-state index in [9.17, 15) is 9.50 Å². The van der Waals surface area contributed by atoms with Crippen LogP contribution in [0.2, 0.25) is 0 Å². The van der Waals surface area contributed by atoms with Crippen molar-refractivity contribution >= 4 is 12.4 Å². The third-order valence-corrected chi connectivity index (χ3v) is 2.79. The van der Waals surface area contributed by atoms with Gasteiger partial charge in [-0.05, 0) is 24.1 Å². The fourth-order valence-corrected chi connectivity index (χ4v) is 1.41. The largest absolute Gasteiger partial charge is 0.396 e. The number of aliphatic hydroxyl groups is 1. The van der Waals surface area contributed by atoms with Gasteiger partial charge in [0.1, 0.15) is 5.82 Å². The summed E-state index contributed by atoms with van der Waals surface area (Å²) in [5, 5.41) is 9.20. The molecule has 0 unspecified atom stereocenters. The van der Waals surface area contributed by atoms with Crippen LogP contribution in [0, 0.1) is 18.2 Å². The van der Waals surface area contributed by atoms with Gasteiger partial charge in [0.2, 0.25) is 0 Å². The molecule has 0 spiro atoms. The average Bonchev–Trinajstić information content (AvgIpc) is 2.21. The van der Waals surface area contributed by atoms with E-state index in [0.29, 0.717) is 5.56 Å². The molecule has 0 heterocycles. The zero-order valence-corrected chi connectivity index (χ0v) is 10.6. The monoisotopic (exact) mass is 247 g/mol. The molecule has 0 aliphatic heterocycles. The molecule has 92 valence electrons. The zero-order valence-electron chi connectivity index (χ0n) is 9.83. The lowest BCUT2D eigenvalue weighted by atomic mass is 9.81. The minimum Gasteiger partial charge on any atom is -0.396 e. The average molecular weight is 248 g/mol. The van der Waals surface area contributed by atoms with Crippen molar-refractivity contribution in [2.75, 3.05) is 6.61 Å². The van der Waals surface area contributed by atoms with Crippen molar-refractivity contribution in [2.24, 2.45) is 11.1 Å². The fourth-order valence-electron chi connectivity index (χ4n) is 1.41. The number of aryl methyl sites for hydroxylation is 1. The minimum atomic E-state index is -0.399. The molecule has 0 radical (unpaired) electrons. The molecule has 4 heteroatoms. The Labute approximate surface area is 102 Å². The Morgan fingerprint density at radius 3 is 2.44 bits per heavy atom. The Morgan fingerprint density at radius 2 is 2.00 bits per heavy atom. The summed E-state index contributed by atoms with van der Waals surface area (Å²) in [6, 6.07) is 4.53. The zero-order chi connectivity index (χ0) is 11.6. The highest BCUT2D eigenvalue weighted by Crippen LogP contribution is 2.31. The van der Waals surface area contributed by atoms with E-state index in [1.54, 1.807) is 19.1 Å². The van der Waals surface area contributed by atoms with E-state index >= 15 is 0 Å². The van der Waals surface area contributed by atoms with Crippen molar-refractivity contribution in [3.05, 3.63) is 35.1 Å². The molecular formula is C12H19ClFNO. The number of hydrogen-bond donors (Lipinski definition) is 2. The quantitative estimate of drug-likeness (QED) is 0.863. The second-order valence-corrected chi connectivity index (χ2v) is 4.63. The molecule has 2 nitrogen and oxygen atoms in total. The first kappa shape index (κ1) is 15.4. The molecule has 0 aliphatic carbocycles. The van der Waals surface area contributed by atoms with Gasteiger partial charge in [-0.3, -0.25) is 0 Å². The van der Waals surface area contributed by atoms with Crippen LogP contribution in [0.15, 0.2) is 18.2 Å². The highest BCUT2D eigenvalue weighted by molar-refractivity contribution is 5.85. The van der Waals surface area contributed by atoms with Gasteiger partial charge in [-0.1, -0.05) is 26.0 Å². The molecule has 1 rings (SSSR count). The van der Waals surface area contributed by atoms with Gasteiger partial charge in [0, 0.05) is 18.1 Å². The predicted molar refractivity (Wildman–Crippen MR) is 66.2 cm³/mol. The molecule has 0 aromatic heterocycles. The lowest BCUT2D eigenvalue weighted by molar-refractivity contribution is 0.132. The SMILES string of the molecule is Cc1cc([C@H](N)C(C)(C)CO)ccc1F.Cl. The third-order valence-electron chi connectivity index (χ3n) is 2.79. The summed E-state index contributed by atoms with van der Waals surface area (Å²) < 4.78 is 13.1. The van der Waals surface area contributed by atoms with Gasteiger partial charge >= 0.3 is 0 Å². The Hall–Kier alpha value is -0.640. The van der Waals surface area contributed by atoms with Crippen molar-refractivity contribution in [3.63, 3.8) is 0 Å². The second-order valence-electron chi connectivity index (χ2n) is 4.63. The number of nitrogens with two attached hydrogens (primary N) is 1. The van der Waals surface area contributed by atoms with E-state index in [2.05, 4.69) is 0 Å². The van der Waals surface area contributed by atoms with Crippen LogP contribution in [0.4, 0.5) is 4.39 Å². The molecule has 3 N–H and O–H groups in total. The van der Waals surface area contributed by atoms with E-state index in [1.807, 2.05) is 13.8 Å². The maximum atomic E-state index is 13.1. The third kappa shape index (κ3) is 3.17. The lowest BCUT2D eigenvalue weighted by Crippen LogP contribution is -2.32. The molecule has 1 aromatic carbocycles. The highest BCUT2D eigenvalue weighted by atomic mass is 35.5. The van der Waals surface area contributed by atoms with Gasteiger partial charge in [0.15, 0.2) is 0 Å². The van der Waals surface area contributed by atoms with E-state index in [1.165, 1.54) is 6.07 Å². The van der Waals surface area contributed by atoms with E-state index in [-0.39, 0.29) is 30.9 Å². The Kier molecular flexibility index (Phi) is 5.39. The normalized spacial score (nSPS) is 13.1. The van der Waals surface area contributed by atoms with Crippen molar-refractivity contribution in [1.82, 2.24) is 0 Å². The summed E-state index contributed by atoms with van der Waals surface area (Å²) in [7, 11) is 0. The van der Waals surface area contributed by atoms with Gasteiger partial charge < -0.3 is 10.8 Å². The Morgan fingerprint density at radius 1 is 1.44 bits per heavy atom. The fraction of sp³-hybridized carbons (Fsp3) is 0.500. The summed E-state index contributed by atoms with van der Waals surface area (Å²) in [6.07, 6.45) is 0. The molecular weight excluding hydrogens is 229 g/mol. The molecule has 0 aliphatic rings. The maximum Gasteiger partial charge on any atom is 0.126 e. The summed E-state index contributed by atoms with van der Waals surface area (Å²) in [5.41, 5.74) is 7.06. The Balaban J connectivity index is 0.00000225. The van der Waals surface area contributed by atoms with Crippen molar-refractivity contribution in [3.8, 4) is 0 Å². The molecule has 16 heavy (non-hydrogen) atoms. The molecule has 1 atom stereocenters. The minimum absolute atomic E-state index is 0. The van der Waals surface area contributed by atoms with Crippen LogP contribution < -0.4 is 5.73 Å². The second kappa shape index (κ2) is 5.62. The first-order valence-corrected chi connectivity index (χ1v) is 5.01. The molecule has 0 amide bonds. The number of rotatable bonds is 3. The standard InChI is InChI=1S/C12H18FNO.ClH/c1-8-6-9(4-5-10(8)13)11(14)12(2,3)7-15;/h4-6,11,15H,7,14H2,1-3H3;1H/t11-;/m0./s1. The van der Waals surface area contributed by atoms with Crippen LogP contribution in [0.5, 0.6) is 0 Å². The topological polar surface area (TPSA) is 46.2 Å². The number of halogens is 2. The molecule has 0 saturated carbocycles. The van der Waals surface area contributed by atoms with E-state index < -0.39 is 5.41 Å². The van der Waals surface area contributed by atoms with Crippen molar-refractivity contribution < 1.29 is 9.50 Å². The molecule has 0 fully saturated rings. The number of aliphatic hydroxyl groups excluding tert-OH is 1. The summed E-state index contributed by atoms with van der Waals surface area (Å²) >= 11 is 0. The highest BCUT2D eigenvalue weighted by Gasteiger charge is 2.27. The summed E-state index contributed by atoms with van der Waals surface area (Å²) in [5.74, 6) is -0.229. The smallest absolute Gasteiger partial charge is 0.126 e. The van der Waals surface area contributed by atoms with Crippen molar-refractivity contribution in [1.29, 1.82) is 0 Å². The van der Waals surface area contributed by atoms with Crippen molar-refractivity contribution in [2.45, 2.75) is 26.8 Å². The van der Waals surface area contributed by atoms with Gasteiger partial charge in [0.25, 0.3) is 0 Å².